The van der Waals surface area contributed by atoms with Gasteiger partial charge >= 0.3 is 0 Å². The predicted molar refractivity (Wildman–Crippen MR) is 152 cm³/mol. The van der Waals surface area contributed by atoms with E-state index < -0.39 is 0 Å². The maximum Gasteiger partial charge on any atom is 0.261 e. The van der Waals surface area contributed by atoms with Gasteiger partial charge in [-0.2, -0.15) is 5.10 Å². The molecule has 4 rings (SSSR count). The van der Waals surface area contributed by atoms with Crippen LogP contribution in [0.5, 0.6) is 0 Å². The molecule has 9 nitrogen and oxygen atoms in total. The summed E-state index contributed by atoms with van der Waals surface area (Å²) in [4.78, 5) is 16.2. The maximum atomic E-state index is 13.2. The molecule has 0 bridgehead atoms. The van der Waals surface area contributed by atoms with Crippen molar-refractivity contribution in [2.45, 2.75) is 46.5 Å². The Labute approximate surface area is 223 Å². The maximum absolute atomic E-state index is 13.2. The van der Waals surface area contributed by atoms with Crippen LogP contribution in [0.15, 0.2) is 34.5 Å². The number of anilines is 1. The van der Waals surface area contributed by atoms with E-state index >= 15 is 0 Å². The monoisotopic (exact) mass is 521 g/mol. The summed E-state index contributed by atoms with van der Waals surface area (Å²) >= 11 is 0. The smallest absolute Gasteiger partial charge is 0.261 e. The van der Waals surface area contributed by atoms with E-state index in [4.69, 9.17) is 25.0 Å². The number of nitrogens with two attached hydrogens (primary N) is 1. The number of aryl methyl sites for hydroxylation is 1. The molecule has 204 valence electrons. The minimum absolute atomic E-state index is 0.259. The summed E-state index contributed by atoms with van der Waals surface area (Å²) in [7, 11) is 1.62. The van der Waals surface area contributed by atoms with Crippen molar-refractivity contribution in [2.75, 3.05) is 45.8 Å². The number of hydrogen-bond donors (Lipinski definition) is 3. The largest absolute Gasteiger partial charge is 0.494 e. The Balaban J connectivity index is 1.70. The second-order valence-electron chi connectivity index (χ2n) is 9.71. The van der Waals surface area contributed by atoms with Gasteiger partial charge in [-0.1, -0.05) is 32.1 Å². The number of methoxy groups -OCH3 is 1. The molecule has 0 amide bonds. The number of aromatic amines is 1. The van der Waals surface area contributed by atoms with Gasteiger partial charge in [-0.3, -0.25) is 4.79 Å². The normalized spacial score (nSPS) is 13.3. The zero-order valence-corrected chi connectivity index (χ0v) is 23.0. The topological polar surface area (TPSA) is 116 Å². The zero-order valence-electron chi connectivity index (χ0n) is 23.0. The molecule has 3 aromatic rings. The summed E-state index contributed by atoms with van der Waals surface area (Å²) < 4.78 is 18.8. The number of rotatable bonds is 12. The van der Waals surface area contributed by atoms with E-state index in [0.29, 0.717) is 53.2 Å². The molecule has 38 heavy (non-hydrogen) atoms. The van der Waals surface area contributed by atoms with Crippen LogP contribution >= 0.6 is 0 Å². The number of benzene rings is 1. The molecule has 0 unspecified atom stereocenters. The van der Waals surface area contributed by atoms with E-state index in [0.717, 1.165) is 48.2 Å². The highest BCUT2D eigenvalue weighted by molar-refractivity contribution is 5.90. The Hall–Kier alpha value is -3.56. The number of nitrogen functional groups attached to an aromatic ring is 1. The molecule has 0 radical (unpaired) electrons. The number of ether oxygens (including phenoxy) is 3. The quantitative estimate of drug-likeness (QED) is 0.314. The lowest BCUT2D eigenvalue weighted by Gasteiger charge is -2.14. The van der Waals surface area contributed by atoms with Crippen LogP contribution in [0, 0.1) is 6.92 Å². The molecule has 0 atom stereocenters. The molecule has 2 aromatic heterocycles. The summed E-state index contributed by atoms with van der Waals surface area (Å²) in [5.74, 6) is 1.88. The molecular weight excluding hydrogens is 482 g/mol. The molecule has 4 N–H and O–H groups in total. The van der Waals surface area contributed by atoms with E-state index in [2.05, 4.69) is 42.3 Å². The SMILES string of the molecule is CCOCCNCCCOC1=C(OC)C=c2c([nH]c(=O)c3c(N)n(-c4cc(C)ccc4C(C)C)nc23)=CC1. The van der Waals surface area contributed by atoms with Gasteiger partial charge in [0.1, 0.15) is 22.5 Å². The van der Waals surface area contributed by atoms with Crippen LogP contribution in [0.1, 0.15) is 50.7 Å². The number of H-pyrrole nitrogens is 1. The van der Waals surface area contributed by atoms with Crippen molar-refractivity contribution < 1.29 is 14.2 Å². The van der Waals surface area contributed by atoms with Crippen molar-refractivity contribution in [1.29, 1.82) is 0 Å². The van der Waals surface area contributed by atoms with Crippen LogP contribution in [0.25, 0.3) is 28.7 Å². The van der Waals surface area contributed by atoms with Crippen molar-refractivity contribution in [3.63, 3.8) is 0 Å². The fourth-order valence-electron chi connectivity index (χ4n) is 4.66. The van der Waals surface area contributed by atoms with Crippen LogP contribution in [-0.2, 0) is 14.2 Å². The summed E-state index contributed by atoms with van der Waals surface area (Å²) in [6.07, 6.45) is 5.15. The third-order valence-electron chi connectivity index (χ3n) is 6.64. The van der Waals surface area contributed by atoms with Crippen molar-refractivity contribution in [3.05, 3.63) is 61.8 Å². The summed E-state index contributed by atoms with van der Waals surface area (Å²) in [5.41, 5.74) is 9.90. The van der Waals surface area contributed by atoms with Gasteiger partial charge in [0.2, 0.25) is 0 Å². The molecule has 1 aliphatic carbocycles. The number of pyridine rings is 1. The summed E-state index contributed by atoms with van der Waals surface area (Å²) in [5, 5.41) is 10.0. The third kappa shape index (κ3) is 5.79. The molecule has 0 aliphatic heterocycles. The Morgan fingerprint density at radius 1 is 1.24 bits per heavy atom. The van der Waals surface area contributed by atoms with Gasteiger partial charge in [-0.15, -0.1) is 0 Å². The molecule has 0 saturated carbocycles. The minimum atomic E-state index is -0.271. The number of hydrogen-bond acceptors (Lipinski definition) is 7. The first-order valence-electron chi connectivity index (χ1n) is 13.3. The average Bonchev–Trinajstić information content (AvgIpc) is 3.14. The van der Waals surface area contributed by atoms with Crippen molar-refractivity contribution in [1.82, 2.24) is 20.1 Å². The molecular formula is C29H39N5O4. The molecule has 0 saturated heterocycles. The summed E-state index contributed by atoms with van der Waals surface area (Å²) in [6.45, 7) is 11.9. The van der Waals surface area contributed by atoms with E-state index in [1.807, 2.05) is 26.0 Å². The standard InChI is InChI=1S/C29H39N5O4/c1-6-37-15-13-31-12-7-14-38-24-11-10-22-21(17-25(24)36-5)27-26(29(35)32-22)28(30)34(33-27)23-16-19(4)8-9-20(23)18(2)3/h8-10,16-18,31H,6-7,11-15,30H2,1-5H3,(H,32,35). The van der Waals surface area contributed by atoms with Gasteiger partial charge in [0.25, 0.3) is 5.56 Å². The van der Waals surface area contributed by atoms with E-state index in [1.165, 1.54) is 0 Å². The number of nitrogens with zero attached hydrogens (tertiary/aromatic N) is 2. The van der Waals surface area contributed by atoms with Crippen LogP contribution in [0.3, 0.4) is 0 Å². The molecule has 1 aliphatic rings. The van der Waals surface area contributed by atoms with Gasteiger partial charge in [-0.25, -0.2) is 4.68 Å². The Bertz CT molecular complexity index is 1500. The Kier molecular flexibility index (Phi) is 8.91. The van der Waals surface area contributed by atoms with E-state index in [9.17, 15) is 4.79 Å². The average molecular weight is 522 g/mol. The predicted octanol–water partition coefficient (Wildman–Crippen LogP) is 2.58. The van der Waals surface area contributed by atoms with Crippen LogP contribution in [0.4, 0.5) is 5.82 Å². The number of nitrogens with one attached hydrogen (secondary N) is 2. The Morgan fingerprint density at radius 3 is 2.79 bits per heavy atom. The van der Waals surface area contributed by atoms with Crippen LogP contribution < -0.4 is 27.2 Å². The first kappa shape index (κ1) is 27.5. The number of allylic oxidation sites excluding steroid dienone is 2. The highest BCUT2D eigenvalue weighted by Crippen LogP contribution is 2.28. The third-order valence-corrected chi connectivity index (χ3v) is 6.64. The Morgan fingerprint density at radius 2 is 2.05 bits per heavy atom. The van der Waals surface area contributed by atoms with E-state index in [1.54, 1.807) is 11.8 Å². The van der Waals surface area contributed by atoms with Crippen LogP contribution in [0.2, 0.25) is 0 Å². The lowest BCUT2D eigenvalue weighted by atomic mass is 9.99. The van der Waals surface area contributed by atoms with Gasteiger partial charge in [0.05, 0.1) is 26.0 Å². The molecule has 2 heterocycles. The number of fused-ring (bicyclic) bond motifs is 3. The first-order chi connectivity index (χ1) is 18.3. The zero-order chi connectivity index (χ0) is 27.2. The second kappa shape index (κ2) is 12.3. The number of aromatic nitrogens is 3. The minimum Gasteiger partial charge on any atom is -0.494 e. The van der Waals surface area contributed by atoms with Crippen molar-refractivity contribution in [3.8, 4) is 5.69 Å². The lowest BCUT2D eigenvalue weighted by Crippen LogP contribution is -2.35. The molecule has 0 fully saturated rings. The van der Waals surface area contributed by atoms with Gasteiger partial charge in [0.15, 0.2) is 5.76 Å². The lowest BCUT2D eigenvalue weighted by molar-refractivity contribution is 0.147. The highest BCUT2D eigenvalue weighted by atomic mass is 16.5. The first-order valence-corrected chi connectivity index (χ1v) is 13.3. The van der Waals surface area contributed by atoms with Crippen LogP contribution in [-0.4, -0.2) is 54.8 Å². The summed E-state index contributed by atoms with van der Waals surface area (Å²) in [6, 6.07) is 6.22. The van der Waals surface area contributed by atoms with Gasteiger partial charge in [-0.05, 0) is 56.0 Å². The van der Waals surface area contributed by atoms with E-state index in [-0.39, 0.29) is 11.5 Å². The second-order valence-corrected chi connectivity index (χ2v) is 9.71. The van der Waals surface area contributed by atoms with Crippen molar-refractivity contribution >= 4 is 28.9 Å². The van der Waals surface area contributed by atoms with Crippen molar-refractivity contribution in [2.24, 2.45) is 0 Å². The fourth-order valence-corrected chi connectivity index (χ4v) is 4.66. The fraction of sp³-hybridized carbons (Fsp3) is 0.448. The molecule has 1 aromatic carbocycles. The van der Waals surface area contributed by atoms with Gasteiger partial charge < -0.3 is 30.2 Å². The molecule has 0 spiro atoms. The van der Waals surface area contributed by atoms with Gasteiger partial charge in [0, 0.05) is 30.1 Å². The highest BCUT2D eigenvalue weighted by Gasteiger charge is 2.20. The molecule has 9 heteroatoms.